The van der Waals surface area contributed by atoms with Gasteiger partial charge in [-0.15, -0.1) is 0 Å². The average Bonchev–Trinajstić information content (AvgIpc) is 3.10. The van der Waals surface area contributed by atoms with Gasteiger partial charge in [0.15, 0.2) is 0 Å². The quantitative estimate of drug-likeness (QED) is 0.0377. The van der Waals surface area contributed by atoms with Gasteiger partial charge in [-0.2, -0.15) is 0 Å². The summed E-state index contributed by atoms with van der Waals surface area (Å²) < 4.78 is 16.8. The van der Waals surface area contributed by atoms with E-state index < -0.39 is 0 Å². The van der Waals surface area contributed by atoms with E-state index in [1.165, 1.54) is 109 Å². The molecule has 1 fully saturated rings. The number of carbonyl (C=O) groups excluding carboxylic acids is 3. The number of ether oxygens (including phenoxy) is 3. The third kappa shape index (κ3) is 28.7. The van der Waals surface area contributed by atoms with E-state index >= 15 is 0 Å². The van der Waals surface area contributed by atoms with Crippen LogP contribution >= 0.6 is 0 Å². The molecule has 7 heteroatoms. The first-order valence-electron chi connectivity index (χ1n) is 21.1. The Bertz CT molecular complexity index is 781. The second-order valence-electron chi connectivity index (χ2n) is 15.0. The Morgan fingerprint density at radius 2 is 0.898 bits per heavy atom. The molecular weight excluding hydrogens is 614 g/mol. The van der Waals surface area contributed by atoms with Crippen molar-refractivity contribution in [2.75, 3.05) is 40.0 Å². The summed E-state index contributed by atoms with van der Waals surface area (Å²) in [5.41, 5.74) is 0. The number of piperidine rings is 1. The van der Waals surface area contributed by atoms with Gasteiger partial charge >= 0.3 is 17.9 Å². The summed E-state index contributed by atoms with van der Waals surface area (Å²) in [6, 6.07) is 0. The van der Waals surface area contributed by atoms with Crippen LogP contribution in [-0.4, -0.2) is 62.8 Å². The monoisotopic (exact) mass is 694 g/mol. The zero-order valence-electron chi connectivity index (χ0n) is 32.6. The molecule has 0 amide bonds. The van der Waals surface area contributed by atoms with Crippen LogP contribution in [0.4, 0.5) is 0 Å². The molecule has 1 aliphatic heterocycles. The second-order valence-corrected chi connectivity index (χ2v) is 15.0. The van der Waals surface area contributed by atoms with Crippen LogP contribution in [0.2, 0.25) is 0 Å². The van der Waals surface area contributed by atoms with Crippen molar-refractivity contribution < 1.29 is 28.6 Å². The summed E-state index contributed by atoms with van der Waals surface area (Å²) in [7, 11) is 2.09. The van der Waals surface area contributed by atoms with E-state index in [1.54, 1.807) is 0 Å². The lowest BCUT2D eigenvalue weighted by molar-refractivity contribution is -0.152. The summed E-state index contributed by atoms with van der Waals surface area (Å²) in [5.74, 6) is -0.262. The predicted molar refractivity (Wildman–Crippen MR) is 203 cm³/mol. The smallest absolute Gasteiger partial charge is 0.309 e. The molecule has 0 radical (unpaired) electrons. The number of rotatable bonds is 34. The van der Waals surface area contributed by atoms with Gasteiger partial charge in [0.25, 0.3) is 0 Å². The highest BCUT2D eigenvalue weighted by molar-refractivity contribution is 5.72. The Morgan fingerprint density at radius 3 is 1.29 bits per heavy atom. The maximum Gasteiger partial charge on any atom is 0.309 e. The van der Waals surface area contributed by atoms with Gasteiger partial charge in [0, 0.05) is 12.8 Å². The number of carbonyl (C=O) groups is 3. The van der Waals surface area contributed by atoms with Crippen LogP contribution in [0.25, 0.3) is 0 Å². The van der Waals surface area contributed by atoms with Crippen molar-refractivity contribution in [3.63, 3.8) is 0 Å². The van der Waals surface area contributed by atoms with Crippen LogP contribution in [0.3, 0.4) is 0 Å². The minimum absolute atomic E-state index is 0.0249. The van der Waals surface area contributed by atoms with Crippen molar-refractivity contribution in [1.29, 1.82) is 0 Å². The first-order valence-corrected chi connectivity index (χ1v) is 21.1. The molecular formula is C42H79NO6. The lowest BCUT2D eigenvalue weighted by atomic mass is 9.95. The fourth-order valence-electron chi connectivity index (χ4n) is 6.82. The van der Waals surface area contributed by atoms with Crippen LogP contribution in [0.5, 0.6) is 0 Å². The number of likely N-dealkylation sites (tertiary alicyclic amines) is 1. The average molecular weight is 694 g/mol. The SMILES string of the molecule is CCCCCCCCCCCCCOC(=O)CCCC(CCCC(=O)OCCCCCCCCCCCC)COC(=O)C1CCN(C)CC1. The third-order valence-electron chi connectivity index (χ3n) is 10.3. The van der Waals surface area contributed by atoms with E-state index in [0.717, 1.165) is 64.5 Å². The largest absolute Gasteiger partial charge is 0.466 e. The Kier molecular flexibility index (Phi) is 31.0. The number of hydrogen-bond donors (Lipinski definition) is 0. The molecule has 0 aliphatic carbocycles. The van der Waals surface area contributed by atoms with Crippen LogP contribution < -0.4 is 0 Å². The summed E-state index contributed by atoms with van der Waals surface area (Å²) >= 11 is 0. The lowest BCUT2D eigenvalue weighted by Gasteiger charge is -2.28. The molecule has 49 heavy (non-hydrogen) atoms. The summed E-state index contributed by atoms with van der Waals surface area (Å²) in [6.07, 6.45) is 32.0. The zero-order chi connectivity index (χ0) is 35.6. The summed E-state index contributed by atoms with van der Waals surface area (Å²) in [6.45, 7) is 7.73. The standard InChI is InChI=1S/C42H79NO6/c1-4-6-8-10-12-14-16-18-20-22-24-36-48-41(45)30-26-28-38(37-49-42(46)39-31-33-43(3)34-32-39)27-25-29-40(44)47-35-23-21-19-17-15-13-11-9-7-5-2/h38-39H,4-37H2,1-3H3. The second kappa shape index (κ2) is 33.5. The van der Waals surface area contributed by atoms with Crippen molar-refractivity contribution in [1.82, 2.24) is 4.90 Å². The molecule has 1 heterocycles. The molecule has 7 nitrogen and oxygen atoms in total. The molecule has 1 rings (SSSR count). The Morgan fingerprint density at radius 1 is 0.531 bits per heavy atom. The fourth-order valence-corrected chi connectivity index (χ4v) is 6.82. The number of esters is 3. The minimum Gasteiger partial charge on any atom is -0.466 e. The molecule has 1 saturated heterocycles. The zero-order valence-corrected chi connectivity index (χ0v) is 32.6. The molecule has 0 aromatic heterocycles. The Balaban J connectivity index is 2.23. The molecule has 1 aliphatic rings. The summed E-state index contributed by atoms with van der Waals surface area (Å²) in [5, 5.41) is 0. The molecule has 0 aromatic carbocycles. The van der Waals surface area contributed by atoms with Gasteiger partial charge in [0.05, 0.1) is 25.7 Å². The topological polar surface area (TPSA) is 82.1 Å². The van der Waals surface area contributed by atoms with Crippen molar-refractivity contribution in [3.8, 4) is 0 Å². The maximum atomic E-state index is 12.8. The molecule has 1 unspecified atom stereocenters. The lowest BCUT2D eigenvalue weighted by Crippen LogP contribution is -2.34. The highest BCUT2D eigenvalue weighted by Gasteiger charge is 2.25. The predicted octanol–water partition coefficient (Wildman–Crippen LogP) is 11.1. The molecule has 0 bridgehead atoms. The van der Waals surface area contributed by atoms with Gasteiger partial charge in [-0.3, -0.25) is 14.4 Å². The van der Waals surface area contributed by atoms with Crippen molar-refractivity contribution >= 4 is 17.9 Å². The number of nitrogens with zero attached hydrogens (tertiary/aromatic N) is 1. The van der Waals surface area contributed by atoms with Crippen LogP contribution in [0.15, 0.2) is 0 Å². The minimum atomic E-state index is -0.135. The molecule has 1 atom stereocenters. The van der Waals surface area contributed by atoms with Gasteiger partial charge in [-0.25, -0.2) is 0 Å². The van der Waals surface area contributed by atoms with Crippen LogP contribution in [0.1, 0.15) is 200 Å². The van der Waals surface area contributed by atoms with Crippen molar-refractivity contribution in [3.05, 3.63) is 0 Å². The number of hydrogen-bond acceptors (Lipinski definition) is 7. The summed E-state index contributed by atoms with van der Waals surface area (Å²) in [4.78, 5) is 39.8. The van der Waals surface area contributed by atoms with E-state index in [0.29, 0.717) is 45.5 Å². The van der Waals surface area contributed by atoms with Crippen molar-refractivity contribution in [2.45, 2.75) is 200 Å². The molecule has 0 saturated carbocycles. The highest BCUT2D eigenvalue weighted by atomic mass is 16.5. The van der Waals surface area contributed by atoms with E-state index in [2.05, 4.69) is 25.8 Å². The highest BCUT2D eigenvalue weighted by Crippen LogP contribution is 2.22. The van der Waals surface area contributed by atoms with Gasteiger partial charge in [-0.05, 0) is 77.4 Å². The van der Waals surface area contributed by atoms with E-state index in [4.69, 9.17) is 14.2 Å². The molecule has 0 N–H and O–H groups in total. The third-order valence-corrected chi connectivity index (χ3v) is 10.3. The van der Waals surface area contributed by atoms with E-state index in [-0.39, 0.29) is 29.7 Å². The first-order chi connectivity index (χ1) is 24.0. The normalized spacial score (nSPS) is 14.5. The van der Waals surface area contributed by atoms with E-state index in [1.807, 2.05) is 0 Å². The van der Waals surface area contributed by atoms with Crippen LogP contribution in [0, 0.1) is 11.8 Å². The van der Waals surface area contributed by atoms with E-state index in [9.17, 15) is 14.4 Å². The fraction of sp³-hybridized carbons (Fsp3) is 0.929. The van der Waals surface area contributed by atoms with Gasteiger partial charge in [-0.1, -0.05) is 136 Å². The molecule has 0 spiro atoms. The molecule has 288 valence electrons. The van der Waals surface area contributed by atoms with Crippen LogP contribution in [-0.2, 0) is 28.6 Å². The number of unbranched alkanes of at least 4 members (excludes halogenated alkanes) is 19. The first kappa shape index (κ1) is 45.4. The Labute approximate surface area is 302 Å². The van der Waals surface area contributed by atoms with Crippen molar-refractivity contribution in [2.24, 2.45) is 11.8 Å². The van der Waals surface area contributed by atoms with Gasteiger partial charge < -0.3 is 19.1 Å². The molecule has 0 aromatic rings. The van der Waals surface area contributed by atoms with Gasteiger partial charge in [0.2, 0.25) is 0 Å². The maximum absolute atomic E-state index is 12.8. The Hall–Kier alpha value is -1.63. The van der Waals surface area contributed by atoms with Gasteiger partial charge in [0.1, 0.15) is 0 Å².